The minimum absolute atomic E-state index is 0.134. The van der Waals surface area contributed by atoms with Gasteiger partial charge in [-0.25, -0.2) is 0 Å². The third-order valence-electron chi connectivity index (χ3n) is 2.04. The molecule has 16 heavy (non-hydrogen) atoms. The molecule has 84 valence electrons. The van der Waals surface area contributed by atoms with Crippen molar-refractivity contribution in [3.63, 3.8) is 0 Å². The minimum Gasteiger partial charge on any atom is -0.486 e. The first kappa shape index (κ1) is 10.1. The van der Waals surface area contributed by atoms with E-state index < -0.39 is 21.2 Å². The van der Waals surface area contributed by atoms with E-state index in [2.05, 4.69) is 0 Å². The number of fused-ring (bicyclic) bond motifs is 1. The summed E-state index contributed by atoms with van der Waals surface area (Å²) in [5.41, 5.74) is -1.27. The molecule has 0 atom stereocenters. The SMILES string of the molecule is O=[N+]([O-])c1ccc2c(c1[N+](=O)[O-])OCCO2. The minimum atomic E-state index is -0.842. The summed E-state index contributed by atoms with van der Waals surface area (Å²) in [6.45, 7) is 0.400. The Morgan fingerprint density at radius 3 is 2.38 bits per heavy atom. The van der Waals surface area contributed by atoms with Gasteiger partial charge in [-0.3, -0.25) is 20.2 Å². The molecule has 0 saturated carbocycles. The van der Waals surface area contributed by atoms with Gasteiger partial charge in [-0.1, -0.05) is 0 Å². The molecule has 0 amide bonds. The van der Waals surface area contributed by atoms with E-state index in [4.69, 9.17) is 9.47 Å². The number of nitrogens with zero attached hydrogens (tertiary/aromatic N) is 2. The van der Waals surface area contributed by atoms with E-state index in [-0.39, 0.29) is 24.7 Å². The molecule has 0 saturated heterocycles. The fourth-order valence-corrected chi connectivity index (χ4v) is 1.41. The van der Waals surface area contributed by atoms with Crippen molar-refractivity contribution in [3.8, 4) is 11.5 Å². The number of hydrogen-bond acceptors (Lipinski definition) is 6. The summed E-state index contributed by atoms with van der Waals surface area (Å²) in [4.78, 5) is 19.7. The third kappa shape index (κ3) is 1.49. The fraction of sp³-hybridized carbons (Fsp3) is 0.250. The van der Waals surface area contributed by atoms with Crippen LogP contribution in [0, 0.1) is 20.2 Å². The van der Waals surface area contributed by atoms with Gasteiger partial charge in [0.1, 0.15) is 13.2 Å². The average Bonchev–Trinajstić information content (AvgIpc) is 2.27. The summed E-state index contributed by atoms with van der Waals surface area (Å²) in [6.07, 6.45) is 0. The second-order valence-electron chi connectivity index (χ2n) is 2.97. The van der Waals surface area contributed by atoms with Crippen LogP contribution in [0.15, 0.2) is 12.1 Å². The summed E-state index contributed by atoms with van der Waals surface area (Å²) in [7, 11) is 0. The molecule has 0 N–H and O–H groups in total. The molecule has 8 nitrogen and oxygen atoms in total. The molecule has 1 heterocycles. The molecule has 1 aliphatic rings. The number of benzene rings is 1. The lowest BCUT2D eigenvalue weighted by atomic mass is 10.2. The number of ether oxygens (including phenoxy) is 2. The van der Waals surface area contributed by atoms with Gasteiger partial charge in [-0.05, 0) is 6.07 Å². The van der Waals surface area contributed by atoms with Crippen LogP contribution in [0.2, 0.25) is 0 Å². The van der Waals surface area contributed by atoms with Crippen LogP contribution in [0.1, 0.15) is 0 Å². The zero-order valence-corrected chi connectivity index (χ0v) is 7.91. The van der Waals surface area contributed by atoms with E-state index >= 15 is 0 Å². The highest BCUT2D eigenvalue weighted by molar-refractivity contribution is 5.67. The van der Waals surface area contributed by atoms with E-state index in [1.165, 1.54) is 6.07 Å². The van der Waals surface area contributed by atoms with Crippen molar-refractivity contribution in [2.45, 2.75) is 0 Å². The zero-order valence-electron chi connectivity index (χ0n) is 7.91. The Labute approximate surface area is 88.7 Å². The second-order valence-corrected chi connectivity index (χ2v) is 2.97. The highest BCUT2D eigenvalue weighted by Crippen LogP contribution is 2.44. The summed E-state index contributed by atoms with van der Waals surface area (Å²) < 4.78 is 10.1. The molecule has 0 aliphatic carbocycles. The monoisotopic (exact) mass is 226 g/mol. The van der Waals surface area contributed by atoms with Crippen molar-refractivity contribution in [2.75, 3.05) is 13.2 Å². The van der Waals surface area contributed by atoms with E-state index in [0.717, 1.165) is 6.07 Å². The Morgan fingerprint density at radius 1 is 1.06 bits per heavy atom. The van der Waals surface area contributed by atoms with Crippen LogP contribution in [0.25, 0.3) is 0 Å². The molecule has 0 bridgehead atoms. The molecule has 0 spiro atoms. The quantitative estimate of drug-likeness (QED) is 0.555. The molecule has 1 aromatic rings. The van der Waals surface area contributed by atoms with E-state index in [0.29, 0.717) is 0 Å². The maximum atomic E-state index is 10.8. The normalized spacial score (nSPS) is 13.2. The topological polar surface area (TPSA) is 105 Å². The van der Waals surface area contributed by atoms with Crippen molar-refractivity contribution in [1.82, 2.24) is 0 Å². The number of nitro groups is 2. The van der Waals surface area contributed by atoms with Crippen LogP contribution in [0.3, 0.4) is 0 Å². The molecule has 1 aliphatic heterocycles. The van der Waals surface area contributed by atoms with Crippen LogP contribution < -0.4 is 9.47 Å². The highest BCUT2D eigenvalue weighted by atomic mass is 16.6. The molecule has 0 radical (unpaired) electrons. The van der Waals surface area contributed by atoms with Crippen molar-refractivity contribution in [1.29, 1.82) is 0 Å². The van der Waals surface area contributed by atoms with Crippen LogP contribution in [-0.4, -0.2) is 23.1 Å². The summed E-state index contributed by atoms with van der Waals surface area (Å²) in [5, 5.41) is 21.4. The lowest BCUT2D eigenvalue weighted by molar-refractivity contribution is -0.423. The van der Waals surface area contributed by atoms with Crippen LogP contribution in [0.4, 0.5) is 11.4 Å². The van der Waals surface area contributed by atoms with Crippen LogP contribution in [-0.2, 0) is 0 Å². The summed E-state index contributed by atoms with van der Waals surface area (Å²) in [5.74, 6) is -0.0194. The van der Waals surface area contributed by atoms with Gasteiger partial charge in [0.2, 0.25) is 5.75 Å². The molecule has 0 unspecified atom stereocenters. The number of hydrogen-bond donors (Lipinski definition) is 0. The van der Waals surface area contributed by atoms with Gasteiger partial charge in [-0.15, -0.1) is 0 Å². The molecular formula is C8H6N2O6. The van der Waals surface area contributed by atoms with Crippen LogP contribution in [0.5, 0.6) is 11.5 Å². The first-order valence-electron chi connectivity index (χ1n) is 4.32. The summed E-state index contributed by atoms with van der Waals surface area (Å²) in [6, 6.07) is 2.32. The third-order valence-corrected chi connectivity index (χ3v) is 2.04. The number of rotatable bonds is 2. The van der Waals surface area contributed by atoms with Crippen molar-refractivity contribution >= 4 is 11.4 Å². The zero-order chi connectivity index (χ0) is 11.7. The first-order valence-corrected chi connectivity index (χ1v) is 4.32. The Balaban J connectivity index is 2.66. The Bertz CT molecular complexity index is 472. The molecule has 8 heteroatoms. The van der Waals surface area contributed by atoms with Gasteiger partial charge in [0.05, 0.1) is 9.85 Å². The molecule has 1 aromatic carbocycles. The standard InChI is InChI=1S/C8H6N2O6/c11-9(12)5-1-2-6-8(7(5)10(13)14)16-4-3-15-6/h1-2H,3-4H2. The molecule has 0 fully saturated rings. The van der Waals surface area contributed by atoms with Crippen molar-refractivity contribution in [3.05, 3.63) is 32.4 Å². The van der Waals surface area contributed by atoms with Gasteiger partial charge in [0.25, 0.3) is 0 Å². The smallest absolute Gasteiger partial charge is 0.391 e. The predicted octanol–water partition coefficient (Wildman–Crippen LogP) is 1.27. The predicted molar refractivity (Wildman–Crippen MR) is 50.7 cm³/mol. The lowest BCUT2D eigenvalue weighted by Gasteiger charge is -2.17. The number of nitro benzene ring substituents is 2. The Hall–Kier alpha value is -2.38. The Kier molecular flexibility index (Phi) is 2.31. The highest BCUT2D eigenvalue weighted by Gasteiger charge is 2.34. The van der Waals surface area contributed by atoms with Crippen LogP contribution >= 0.6 is 0 Å². The average molecular weight is 226 g/mol. The van der Waals surface area contributed by atoms with E-state index in [1.807, 2.05) is 0 Å². The lowest BCUT2D eigenvalue weighted by Crippen LogP contribution is -2.16. The fourth-order valence-electron chi connectivity index (χ4n) is 1.41. The maximum Gasteiger partial charge on any atom is 0.391 e. The Morgan fingerprint density at radius 2 is 1.75 bits per heavy atom. The molecular weight excluding hydrogens is 220 g/mol. The van der Waals surface area contributed by atoms with Gasteiger partial charge < -0.3 is 9.47 Å². The first-order chi connectivity index (χ1) is 7.61. The van der Waals surface area contributed by atoms with Gasteiger partial charge in [0, 0.05) is 6.07 Å². The van der Waals surface area contributed by atoms with E-state index in [1.54, 1.807) is 0 Å². The van der Waals surface area contributed by atoms with Crippen molar-refractivity contribution in [2.24, 2.45) is 0 Å². The second kappa shape index (κ2) is 3.65. The van der Waals surface area contributed by atoms with Gasteiger partial charge >= 0.3 is 11.4 Å². The summed E-state index contributed by atoms with van der Waals surface area (Å²) >= 11 is 0. The maximum absolute atomic E-state index is 10.8. The van der Waals surface area contributed by atoms with Gasteiger partial charge in [-0.2, -0.15) is 0 Å². The van der Waals surface area contributed by atoms with Crippen molar-refractivity contribution < 1.29 is 19.3 Å². The van der Waals surface area contributed by atoms with Gasteiger partial charge in [0.15, 0.2) is 5.75 Å². The molecule has 2 rings (SSSR count). The van der Waals surface area contributed by atoms with E-state index in [9.17, 15) is 20.2 Å². The largest absolute Gasteiger partial charge is 0.486 e. The molecule has 0 aromatic heterocycles.